The topological polar surface area (TPSA) is 54.0 Å². The van der Waals surface area contributed by atoms with E-state index in [1.54, 1.807) is 18.2 Å². The highest BCUT2D eigenvalue weighted by atomic mass is 35.5. The van der Waals surface area contributed by atoms with Gasteiger partial charge in [-0.2, -0.15) is 0 Å². The van der Waals surface area contributed by atoms with Crippen LogP contribution in [0.5, 0.6) is 11.5 Å². The Bertz CT molecular complexity index is 810. The number of halogens is 2. The molecule has 2 rings (SSSR count). The average Bonchev–Trinajstić information content (AvgIpc) is 2.67. The summed E-state index contributed by atoms with van der Waals surface area (Å²) in [5, 5.41) is 0.726. The summed E-state index contributed by atoms with van der Waals surface area (Å²) in [4.78, 5) is 12.1. The van der Waals surface area contributed by atoms with E-state index in [1.807, 2.05) is 25.1 Å². The van der Waals surface area contributed by atoms with Crippen molar-refractivity contribution in [3.63, 3.8) is 0 Å². The zero-order chi connectivity index (χ0) is 19.8. The van der Waals surface area contributed by atoms with Crippen molar-refractivity contribution in [2.24, 2.45) is 0 Å². The van der Waals surface area contributed by atoms with Crippen LogP contribution in [0.25, 0.3) is 5.57 Å². The molecule has 0 saturated carbocycles. The Kier molecular flexibility index (Phi) is 7.82. The van der Waals surface area contributed by atoms with E-state index in [9.17, 15) is 4.79 Å². The van der Waals surface area contributed by atoms with Crippen molar-refractivity contribution in [3.05, 3.63) is 63.8 Å². The van der Waals surface area contributed by atoms with E-state index in [4.69, 9.17) is 42.1 Å². The quantitative estimate of drug-likeness (QED) is 0.342. The summed E-state index contributed by atoms with van der Waals surface area (Å²) in [7, 11) is 2.78. The molecule has 7 heteroatoms. The second kappa shape index (κ2) is 10.1. The minimum absolute atomic E-state index is 0.189. The van der Waals surface area contributed by atoms with Gasteiger partial charge in [0, 0.05) is 12.1 Å². The molecule has 0 heterocycles. The van der Waals surface area contributed by atoms with Gasteiger partial charge in [-0.25, -0.2) is 4.79 Å². The molecule has 0 saturated heterocycles. The van der Waals surface area contributed by atoms with Crippen molar-refractivity contribution in [2.45, 2.75) is 13.5 Å². The van der Waals surface area contributed by atoms with Crippen LogP contribution < -0.4 is 9.47 Å². The molecule has 0 aliphatic carbocycles. The summed E-state index contributed by atoms with van der Waals surface area (Å²) in [5.74, 6) is 0.402. The van der Waals surface area contributed by atoms with Gasteiger partial charge in [0.2, 0.25) is 0 Å². The predicted octanol–water partition coefficient (Wildman–Crippen LogP) is 5.13. The van der Waals surface area contributed by atoms with E-state index in [1.165, 1.54) is 20.5 Å². The number of methoxy groups -OCH3 is 2. The lowest BCUT2D eigenvalue weighted by Gasteiger charge is -2.14. The van der Waals surface area contributed by atoms with Gasteiger partial charge in [-0.05, 0) is 18.1 Å². The van der Waals surface area contributed by atoms with Crippen molar-refractivity contribution < 1.29 is 23.7 Å². The third-order valence-corrected chi connectivity index (χ3v) is 4.16. The maximum Gasteiger partial charge on any atom is 0.341 e. The lowest BCUT2D eigenvalue weighted by Crippen LogP contribution is -2.08. The number of esters is 1. The first-order valence-electron chi connectivity index (χ1n) is 8.16. The highest BCUT2D eigenvalue weighted by Crippen LogP contribution is 2.37. The number of hydrogen-bond donors (Lipinski definition) is 0. The third-order valence-electron chi connectivity index (χ3n) is 3.60. The van der Waals surface area contributed by atoms with Crippen LogP contribution in [0.3, 0.4) is 0 Å². The molecule has 2 aromatic rings. The SMILES string of the molecule is CCOc1c(Cl)cc(OCc2ccccc2C(=COC)C(=O)OC)cc1Cl. The van der Waals surface area contributed by atoms with E-state index in [0.29, 0.717) is 39.3 Å². The van der Waals surface area contributed by atoms with E-state index in [2.05, 4.69) is 0 Å². The molecule has 27 heavy (non-hydrogen) atoms. The molecule has 5 nitrogen and oxygen atoms in total. The van der Waals surface area contributed by atoms with Gasteiger partial charge in [-0.15, -0.1) is 0 Å². The number of ether oxygens (including phenoxy) is 4. The minimum atomic E-state index is -0.503. The molecule has 0 aromatic heterocycles. The molecule has 144 valence electrons. The van der Waals surface area contributed by atoms with Crippen LogP contribution in [0, 0.1) is 0 Å². The van der Waals surface area contributed by atoms with Crippen LogP contribution in [0.15, 0.2) is 42.7 Å². The normalized spacial score (nSPS) is 11.1. The Morgan fingerprint density at radius 3 is 2.33 bits per heavy atom. The average molecular weight is 411 g/mol. The molecule has 0 aliphatic rings. The van der Waals surface area contributed by atoms with Crippen LogP contribution in [-0.4, -0.2) is 26.8 Å². The molecule has 0 radical (unpaired) electrons. The van der Waals surface area contributed by atoms with Crippen LogP contribution in [0.2, 0.25) is 10.0 Å². The standard InChI is InChI=1S/C20H20Cl2O5/c1-4-26-19-17(21)9-14(10-18(19)22)27-11-13-7-5-6-8-15(13)16(12-24-2)20(23)25-3/h5-10,12H,4,11H2,1-3H3. The molecule has 0 fully saturated rings. The summed E-state index contributed by atoms with van der Waals surface area (Å²) >= 11 is 12.4. The molecule has 0 unspecified atom stereocenters. The Morgan fingerprint density at radius 2 is 1.74 bits per heavy atom. The summed E-state index contributed by atoms with van der Waals surface area (Å²) in [6.07, 6.45) is 1.34. The highest BCUT2D eigenvalue weighted by molar-refractivity contribution is 6.37. The molecule has 0 amide bonds. The van der Waals surface area contributed by atoms with Gasteiger partial charge in [-0.1, -0.05) is 47.5 Å². The van der Waals surface area contributed by atoms with E-state index in [0.717, 1.165) is 5.56 Å². The van der Waals surface area contributed by atoms with E-state index in [-0.39, 0.29) is 6.61 Å². The number of benzene rings is 2. The fraction of sp³-hybridized carbons (Fsp3) is 0.250. The van der Waals surface area contributed by atoms with Crippen LogP contribution in [0.1, 0.15) is 18.1 Å². The van der Waals surface area contributed by atoms with Gasteiger partial charge in [0.25, 0.3) is 0 Å². The van der Waals surface area contributed by atoms with Crippen LogP contribution in [-0.2, 0) is 20.9 Å². The maximum atomic E-state index is 12.1. The smallest absolute Gasteiger partial charge is 0.341 e. The Balaban J connectivity index is 2.27. The monoisotopic (exact) mass is 410 g/mol. The number of hydrogen-bond acceptors (Lipinski definition) is 5. The molecule has 0 N–H and O–H groups in total. The molecular weight excluding hydrogens is 391 g/mol. The highest BCUT2D eigenvalue weighted by Gasteiger charge is 2.17. The second-order valence-electron chi connectivity index (χ2n) is 5.35. The largest absolute Gasteiger partial charge is 0.503 e. The first-order valence-corrected chi connectivity index (χ1v) is 8.91. The van der Waals surface area contributed by atoms with Crippen molar-refractivity contribution in [1.29, 1.82) is 0 Å². The van der Waals surface area contributed by atoms with E-state index < -0.39 is 5.97 Å². The van der Waals surface area contributed by atoms with Crippen molar-refractivity contribution >= 4 is 34.7 Å². The van der Waals surface area contributed by atoms with Gasteiger partial charge in [0.1, 0.15) is 17.9 Å². The van der Waals surface area contributed by atoms with Gasteiger partial charge in [0.05, 0.1) is 37.1 Å². The number of rotatable bonds is 8. The molecule has 0 aliphatic heterocycles. The fourth-order valence-electron chi connectivity index (χ4n) is 2.42. The number of carbonyl (C=O) groups excluding carboxylic acids is 1. The Labute approximate surface area is 168 Å². The molecule has 2 aromatic carbocycles. The first-order chi connectivity index (χ1) is 13.0. The maximum absolute atomic E-state index is 12.1. The Hall–Kier alpha value is -2.37. The van der Waals surface area contributed by atoms with Crippen molar-refractivity contribution in [2.75, 3.05) is 20.8 Å². The molecule has 0 bridgehead atoms. The second-order valence-corrected chi connectivity index (χ2v) is 6.17. The minimum Gasteiger partial charge on any atom is -0.503 e. The summed E-state index contributed by atoms with van der Waals surface area (Å²) in [6, 6.07) is 10.6. The van der Waals surface area contributed by atoms with Crippen LogP contribution >= 0.6 is 23.2 Å². The molecule has 0 spiro atoms. The van der Waals surface area contributed by atoms with E-state index >= 15 is 0 Å². The zero-order valence-corrected chi connectivity index (χ0v) is 16.8. The first kappa shape index (κ1) is 20.9. The lowest BCUT2D eigenvalue weighted by molar-refractivity contribution is -0.133. The van der Waals surface area contributed by atoms with Gasteiger partial charge in [-0.3, -0.25) is 0 Å². The molecule has 0 atom stereocenters. The fourth-order valence-corrected chi connectivity index (χ4v) is 3.00. The van der Waals surface area contributed by atoms with Gasteiger partial charge >= 0.3 is 5.97 Å². The van der Waals surface area contributed by atoms with Crippen molar-refractivity contribution in [3.8, 4) is 11.5 Å². The predicted molar refractivity (Wildman–Crippen MR) is 105 cm³/mol. The summed E-state index contributed by atoms with van der Waals surface area (Å²) in [5.41, 5.74) is 1.71. The summed E-state index contributed by atoms with van der Waals surface area (Å²) in [6.45, 7) is 2.49. The van der Waals surface area contributed by atoms with Crippen molar-refractivity contribution in [1.82, 2.24) is 0 Å². The molecular formula is C20H20Cl2O5. The number of carbonyl (C=O) groups is 1. The third kappa shape index (κ3) is 5.31. The van der Waals surface area contributed by atoms with Gasteiger partial charge < -0.3 is 18.9 Å². The van der Waals surface area contributed by atoms with Crippen LogP contribution in [0.4, 0.5) is 0 Å². The summed E-state index contributed by atoms with van der Waals surface area (Å²) < 4.78 is 21.1. The Morgan fingerprint density at radius 1 is 1.07 bits per heavy atom. The zero-order valence-electron chi connectivity index (χ0n) is 15.3. The lowest BCUT2D eigenvalue weighted by atomic mass is 10.0. The van der Waals surface area contributed by atoms with Gasteiger partial charge in [0.15, 0.2) is 5.75 Å².